The van der Waals surface area contributed by atoms with Crippen LogP contribution < -0.4 is 0 Å². The summed E-state index contributed by atoms with van der Waals surface area (Å²) < 4.78 is 11.7. The van der Waals surface area contributed by atoms with E-state index in [1.165, 1.54) is 70.6 Å². The Bertz CT molecular complexity index is 200. The Kier molecular flexibility index (Phi) is 16.9. The topological polar surface area (TPSA) is 26.3 Å². The summed E-state index contributed by atoms with van der Waals surface area (Å²) in [7, 11) is 4.09. The second-order valence-corrected chi connectivity index (χ2v) is 8.24. The zero-order chi connectivity index (χ0) is 15.8. The van der Waals surface area contributed by atoms with Gasteiger partial charge in [0, 0.05) is 6.54 Å². The zero-order valence-electron chi connectivity index (χ0n) is 14.9. The van der Waals surface area contributed by atoms with E-state index in [4.69, 9.17) is 0 Å². The molecule has 0 saturated heterocycles. The summed E-state index contributed by atoms with van der Waals surface area (Å²) in [5, 5.41) is 0. The third-order valence-corrected chi connectivity index (χ3v) is 5.37. The van der Waals surface area contributed by atoms with Gasteiger partial charge in [0.05, 0.1) is 0 Å². The van der Waals surface area contributed by atoms with Gasteiger partial charge in [-0.3, -0.25) is 0 Å². The summed E-state index contributed by atoms with van der Waals surface area (Å²) in [5.41, 5.74) is 0. The molecular formula is C18H39NOS. The first-order chi connectivity index (χ1) is 10.2. The molecule has 0 aliphatic carbocycles. The molecule has 0 heterocycles. The van der Waals surface area contributed by atoms with Crippen molar-refractivity contribution in [3.63, 3.8) is 0 Å². The quantitative estimate of drug-likeness (QED) is 0.296. The van der Waals surface area contributed by atoms with Crippen LogP contribution in [0.2, 0.25) is 0 Å². The lowest BCUT2D eigenvalue weighted by Gasteiger charge is -2.14. The van der Waals surface area contributed by atoms with E-state index in [9.17, 15) is 4.55 Å². The summed E-state index contributed by atoms with van der Waals surface area (Å²) in [6, 6.07) is 0. The molecule has 128 valence electrons. The Morgan fingerprint density at radius 1 is 0.667 bits per heavy atom. The molecule has 0 saturated carbocycles. The van der Waals surface area contributed by atoms with Crippen LogP contribution in [0.3, 0.4) is 0 Å². The van der Waals surface area contributed by atoms with E-state index in [0.717, 1.165) is 24.5 Å². The van der Waals surface area contributed by atoms with Crippen molar-refractivity contribution in [3.05, 3.63) is 0 Å². The van der Waals surface area contributed by atoms with E-state index in [2.05, 4.69) is 11.8 Å². The van der Waals surface area contributed by atoms with Crippen molar-refractivity contribution in [1.82, 2.24) is 4.90 Å². The number of unbranched alkanes of at least 4 members (excludes halogenated alkanes) is 11. The molecule has 0 bridgehead atoms. The molecule has 3 heteroatoms. The number of nitrogens with zero attached hydrogens (tertiary/aromatic N) is 1. The van der Waals surface area contributed by atoms with Crippen LogP contribution in [0, 0.1) is 0 Å². The van der Waals surface area contributed by atoms with E-state index in [0.29, 0.717) is 0 Å². The van der Waals surface area contributed by atoms with Crippen LogP contribution in [0.1, 0.15) is 84.0 Å². The Hall–Kier alpha value is 0.270. The maximum atomic E-state index is 11.7. The molecule has 0 aromatic rings. The third kappa shape index (κ3) is 18.2. The van der Waals surface area contributed by atoms with Gasteiger partial charge in [-0.2, -0.15) is 0 Å². The van der Waals surface area contributed by atoms with Crippen molar-refractivity contribution in [2.75, 3.05) is 32.1 Å². The standard InChI is InChI=1S/C18H39NOS/c1-4-5-6-7-8-9-10-11-12-13-14-15-17-21(20)18-16-19(2)3/h4-18H2,1-3H3. The molecule has 1 atom stereocenters. The summed E-state index contributed by atoms with van der Waals surface area (Å²) in [6.07, 6.45) is 16.4. The molecule has 1 unspecified atom stereocenters. The fourth-order valence-corrected chi connectivity index (χ4v) is 3.79. The minimum Gasteiger partial charge on any atom is -0.616 e. The van der Waals surface area contributed by atoms with Crippen molar-refractivity contribution in [3.8, 4) is 0 Å². The Balaban J connectivity index is 3.08. The van der Waals surface area contributed by atoms with E-state index in [1.807, 2.05) is 14.1 Å². The summed E-state index contributed by atoms with van der Waals surface area (Å²) in [4.78, 5) is 2.11. The van der Waals surface area contributed by atoms with E-state index in [1.54, 1.807) is 0 Å². The van der Waals surface area contributed by atoms with Gasteiger partial charge >= 0.3 is 0 Å². The van der Waals surface area contributed by atoms with Gasteiger partial charge in [-0.05, 0) is 26.9 Å². The van der Waals surface area contributed by atoms with Gasteiger partial charge < -0.3 is 9.45 Å². The average Bonchev–Trinajstić information content (AvgIpc) is 2.46. The molecule has 0 aromatic heterocycles. The minimum absolute atomic E-state index is 0.597. The number of hydrogen-bond acceptors (Lipinski definition) is 2. The fourth-order valence-electron chi connectivity index (χ4n) is 2.49. The van der Waals surface area contributed by atoms with Crippen LogP contribution in [0.5, 0.6) is 0 Å². The normalized spacial score (nSPS) is 13.0. The molecule has 0 N–H and O–H groups in total. The van der Waals surface area contributed by atoms with Gasteiger partial charge in [0.25, 0.3) is 0 Å². The molecule has 0 amide bonds. The molecular weight excluding hydrogens is 278 g/mol. The largest absolute Gasteiger partial charge is 0.616 e. The molecule has 0 aliphatic rings. The molecule has 0 fully saturated rings. The first-order valence-corrected chi connectivity index (χ1v) is 10.6. The van der Waals surface area contributed by atoms with Crippen molar-refractivity contribution in [2.45, 2.75) is 84.0 Å². The van der Waals surface area contributed by atoms with Gasteiger partial charge in [-0.1, -0.05) is 82.3 Å². The second-order valence-electron chi connectivity index (χ2n) is 6.54. The van der Waals surface area contributed by atoms with Gasteiger partial charge in [0.1, 0.15) is 11.5 Å². The van der Waals surface area contributed by atoms with Gasteiger partial charge in [-0.15, -0.1) is 0 Å². The summed E-state index contributed by atoms with van der Waals surface area (Å²) >= 11 is -0.597. The molecule has 0 rings (SSSR count). The number of hydrogen-bond donors (Lipinski definition) is 0. The van der Waals surface area contributed by atoms with Crippen LogP contribution in [0.15, 0.2) is 0 Å². The maximum Gasteiger partial charge on any atom is 0.118 e. The molecule has 0 radical (unpaired) electrons. The molecule has 0 aromatic carbocycles. The molecule has 0 aliphatic heterocycles. The lowest BCUT2D eigenvalue weighted by molar-refractivity contribution is 0.432. The third-order valence-electron chi connectivity index (χ3n) is 3.99. The Morgan fingerprint density at radius 3 is 1.52 bits per heavy atom. The second kappa shape index (κ2) is 16.6. The predicted octanol–water partition coefficient (Wildman–Crippen LogP) is 5.00. The highest BCUT2D eigenvalue weighted by molar-refractivity contribution is 7.91. The van der Waals surface area contributed by atoms with Crippen LogP contribution in [-0.4, -0.2) is 41.6 Å². The number of rotatable bonds is 16. The molecule has 21 heavy (non-hydrogen) atoms. The monoisotopic (exact) mass is 317 g/mol. The van der Waals surface area contributed by atoms with E-state index in [-0.39, 0.29) is 0 Å². The average molecular weight is 318 g/mol. The molecule has 2 nitrogen and oxygen atoms in total. The fraction of sp³-hybridized carbons (Fsp3) is 1.00. The Morgan fingerprint density at radius 2 is 1.10 bits per heavy atom. The van der Waals surface area contributed by atoms with Crippen molar-refractivity contribution in [2.24, 2.45) is 0 Å². The smallest absolute Gasteiger partial charge is 0.118 e. The van der Waals surface area contributed by atoms with Gasteiger partial charge in [0.2, 0.25) is 0 Å². The van der Waals surface area contributed by atoms with Gasteiger partial charge in [0.15, 0.2) is 0 Å². The van der Waals surface area contributed by atoms with Crippen LogP contribution >= 0.6 is 0 Å². The SMILES string of the molecule is CCCCCCCCCCCCCC[S+]([O-])CCN(C)C. The predicted molar refractivity (Wildman–Crippen MR) is 97.5 cm³/mol. The summed E-state index contributed by atoms with van der Waals surface area (Å²) in [5.74, 6) is 1.75. The highest BCUT2D eigenvalue weighted by atomic mass is 32.2. The summed E-state index contributed by atoms with van der Waals surface area (Å²) in [6.45, 7) is 3.22. The maximum absolute atomic E-state index is 11.7. The first-order valence-electron chi connectivity index (χ1n) is 9.16. The van der Waals surface area contributed by atoms with Crippen molar-refractivity contribution >= 4 is 11.2 Å². The lowest BCUT2D eigenvalue weighted by atomic mass is 10.1. The lowest BCUT2D eigenvalue weighted by Crippen LogP contribution is -2.23. The molecule has 0 spiro atoms. The van der Waals surface area contributed by atoms with E-state index < -0.39 is 11.2 Å². The first kappa shape index (κ1) is 21.3. The van der Waals surface area contributed by atoms with Crippen molar-refractivity contribution in [1.29, 1.82) is 0 Å². The van der Waals surface area contributed by atoms with Crippen molar-refractivity contribution < 1.29 is 4.55 Å². The highest BCUT2D eigenvalue weighted by Gasteiger charge is 2.05. The van der Waals surface area contributed by atoms with Gasteiger partial charge in [-0.25, -0.2) is 0 Å². The van der Waals surface area contributed by atoms with Crippen LogP contribution in [-0.2, 0) is 11.2 Å². The van der Waals surface area contributed by atoms with E-state index >= 15 is 0 Å². The highest BCUT2D eigenvalue weighted by Crippen LogP contribution is 2.12. The van der Waals surface area contributed by atoms with Crippen LogP contribution in [0.4, 0.5) is 0 Å². The minimum atomic E-state index is -0.597. The zero-order valence-corrected chi connectivity index (χ0v) is 15.7. The van der Waals surface area contributed by atoms with Crippen LogP contribution in [0.25, 0.3) is 0 Å². The Labute approximate surface area is 137 Å².